The molecule has 0 aliphatic heterocycles. The smallest absolute Gasteiger partial charge is 0.242 e. The van der Waals surface area contributed by atoms with Crippen LogP contribution in [0.2, 0.25) is 39.3 Å². The summed E-state index contributed by atoms with van der Waals surface area (Å²) >= 11 is 0. The quantitative estimate of drug-likeness (QED) is 0.725. The molecule has 18 heavy (non-hydrogen) atoms. The third-order valence-corrected chi connectivity index (χ3v) is 4.20. The lowest BCUT2D eigenvalue weighted by Gasteiger charge is -2.22. The molecule has 0 fully saturated rings. The third kappa shape index (κ3) is 6.37. The minimum Gasteiger partial charge on any atom is -0.544 e. The fraction of sp³-hybridized carbons (Fsp3) is 0.571. The Morgan fingerprint density at radius 2 is 1.50 bits per heavy atom. The molecule has 0 aliphatic carbocycles. The van der Waals surface area contributed by atoms with Gasteiger partial charge in [-0.2, -0.15) is 0 Å². The normalized spacial score (nSPS) is 12.6. The highest BCUT2D eigenvalue weighted by Crippen LogP contribution is 2.22. The van der Waals surface area contributed by atoms with E-state index in [2.05, 4.69) is 57.5 Å². The SMILES string of the molecule is C[Si](C)(C)OCCc1ccccc1O[Si](C)(C)C. The van der Waals surface area contributed by atoms with Gasteiger partial charge in [0.2, 0.25) is 8.32 Å². The maximum absolute atomic E-state index is 6.11. The molecule has 0 unspecified atom stereocenters. The van der Waals surface area contributed by atoms with Crippen LogP contribution in [0.5, 0.6) is 5.75 Å². The first kappa shape index (κ1) is 15.5. The number of benzene rings is 1. The van der Waals surface area contributed by atoms with Gasteiger partial charge in [0.15, 0.2) is 8.32 Å². The standard InChI is InChI=1S/C14H26O2Si2/c1-17(2,3)15-12-11-13-9-7-8-10-14(13)16-18(4,5)6/h7-10H,11-12H2,1-6H3. The van der Waals surface area contributed by atoms with Crippen molar-refractivity contribution in [2.24, 2.45) is 0 Å². The van der Waals surface area contributed by atoms with Gasteiger partial charge in [-0.25, -0.2) is 0 Å². The first-order valence-corrected chi connectivity index (χ1v) is 13.4. The van der Waals surface area contributed by atoms with Crippen LogP contribution in [0.3, 0.4) is 0 Å². The van der Waals surface area contributed by atoms with Crippen molar-refractivity contribution in [3.8, 4) is 5.75 Å². The van der Waals surface area contributed by atoms with Crippen LogP contribution in [0, 0.1) is 0 Å². The molecule has 0 saturated carbocycles. The molecule has 1 aromatic rings. The van der Waals surface area contributed by atoms with Crippen molar-refractivity contribution in [1.82, 2.24) is 0 Å². The van der Waals surface area contributed by atoms with E-state index in [4.69, 9.17) is 8.85 Å². The minimum atomic E-state index is -1.54. The van der Waals surface area contributed by atoms with Gasteiger partial charge in [0.05, 0.1) is 0 Å². The van der Waals surface area contributed by atoms with Crippen molar-refractivity contribution in [1.29, 1.82) is 0 Å². The summed E-state index contributed by atoms with van der Waals surface area (Å²) in [6.45, 7) is 14.1. The van der Waals surface area contributed by atoms with Crippen LogP contribution in [0.1, 0.15) is 5.56 Å². The first-order valence-electron chi connectivity index (χ1n) is 6.58. The van der Waals surface area contributed by atoms with Gasteiger partial charge in [-0.1, -0.05) is 18.2 Å². The second kappa shape index (κ2) is 6.04. The Labute approximate surface area is 114 Å². The Morgan fingerprint density at radius 1 is 0.889 bits per heavy atom. The molecule has 0 saturated heterocycles. The van der Waals surface area contributed by atoms with Gasteiger partial charge in [-0.05, 0) is 57.3 Å². The predicted octanol–water partition coefficient (Wildman–Crippen LogP) is 4.29. The lowest BCUT2D eigenvalue weighted by Crippen LogP contribution is -2.30. The molecular formula is C14H26O2Si2. The Balaban J connectivity index is 2.65. The van der Waals surface area contributed by atoms with Crippen LogP contribution in [-0.4, -0.2) is 23.2 Å². The van der Waals surface area contributed by atoms with Crippen molar-refractivity contribution in [2.45, 2.75) is 45.7 Å². The van der Waals surface area contributed by atoms with E-state index >= 15 is 0 Å². The minimum absolute atomic E-state index is 0.793. The molecule has 0 aromatic heterocycles. The Hall–Kier alpha value is -0.586. The fourth-order valence-corrected chi connectivity index (χ4v) is 3.18. The second-order valence-electron chi connectivity index (χ2n) is 6.53. The summed E-state index contributed by atoms with van der Waals surface area (Å²) in [5.41, 5.74) is 1.26. The zero-order valence-corrected chi connectivity index (χ0v) is 14.5. The average molecular weight is 283 g/mol. The van der Waals surface area contributed by atoms with E-state index in [1.807, 2.05) is 6.07 Å². The summed E-state index contributed by atoms with van der Waals surface area (Å²) in [4.78, 5) is 0. The summed E-state index contributed by atoms with van der Waals surface area (Å²) in [6, 6.07) is 8.32. The fourth-order valence-electron chi connectivity index (χ4n) is 1.61. The topological polar surface area (TPSA) is 18.5 Å². The van der Waals surface area contributed by atoms with Gasteiger partial charge in [0, 0.05) is 6.61 Å². The van der Waals surface area contributed by atoms with Crippen LogP contribution < -0.4 is 4.43 Å². The van der Waals surface area contributed by atoms with E-state index in [1.165, 1.54) is 5.56 Å². The van der Waals surface area contributed by atoms with Gasteiger partial charge in [0.1, 0.15) is 5.75 Å². The summed E-state index contributed by atoms with van der Waals surface area (Å²) < 4.78 is 12.0. The highest BCUT2D eigenvalue weighted by atomic mass is 28.4. The molecule has 0 heterocycles. The number of rotatable bonds is 6. The second-order valence-corrected chi connectivity index (χ2v) is 15.5. The molecule has 0 amide bonds. The monoisotopic (exact) mass is 282 g/mol. The average Bonchev–Trinajstić information content (AvgIpc) is 2.16. The zero-order valence-electron chi connectivity index (χ0n) is 12.5. The van der Waals surface area contributed by atoms with E-state index in [0.29, 0.717) is 0 Å². The van der Waals surface area contributed by atoms with Crippen molar-refractivity contribution in [3.05, 3.63) is 29.8 Å². The van der Waals surface area contributed by atoms with Crippen molar-refractivity contribution >= 4 is 16.6 Å². The predicted molar refractivity (Wildman–Crippen MR) is 83.4 cm³/mol. The summed E-state index contributed by atoms with van der Waals surface area (Å²) in [5.74, 6) is 1.04. The molecule has 2 nitrogen and oxygen atoms in total. The summed E-state index contributed by atoms with van der Waals surface area (Å²) in [7, 11) is -2.94. The molecule has 0 spiro atoms. The molecule has 0 atom stereocenters. The maximum Gasteiger partial charge on any atom is 0.242 e. The lowest BCUT2D eigenvalue weighted by molar-refractivity contribution is 0.314. The molecule has 0 N–H and O–H groups in total. The van der Waals surface area contributed by atoms with E-state index in [-0.39, 0.29) is 0 Å². The van der Waals surface area contributed by atoms with E-state index in [0.717, 1.165) is 18.8 Å². The van der Waals surface area contributed by atoms with Gasteiger partial charge in [-0.15, -0.1) is 0 Å². The maximum atomic E-state index is 6.11. The number of hydrogen-bond acceptors (Lipinski definition) is 2. The van der Waals surface area contributed by atoms with E-state index in [9.17, 15) is 0 Å². The van der Waals surface area contributed by atoms with Crippen LogP contribution in [0.4, 0.5) is 0 Å². The van der Waals surface area contributed by atoms with Crippen LogP contribution >= 0.6 is 0 Å². The zero-order chi connectivity index (χ0) is 13.8. The summed E-state index contributed by atoms with van der Waals surface area (Å²) in [6.07, 6.45) is 0.935. The van der Waals surface area contributed by atoms with Crippen molar-refractivity contribution in [3.63, 3.8) is 0 Å². The Bertz CT molecular complexity index is 378. The third-order valence-electron chi connectivity index (χ3n) is 2.30. The molecule has 1 aromatic carbocycles. The molecule has 0 aliphatic rings. The first-order chi connectivity index (χ1) is 8.17. The molecular weight excluding hydrogens is 256 g/mol. The highest BCUT2D eigenvalue weighted by molar-refractivity contribution is 6.70. The lowest BCUT2D eigenvalue weighted by atomic mass is 10.1. The van der Waals surface area contributed by atoms with E-state index in [1.54, 1.807) is 0 Å². The molecule has 1 rings (SSSR count). The van der Waals surface area contributed by atoms with Gasteiger partial charge >= 0.3 is 0 Å². The number of hydrogen-bond donors (Lipinski definition) is 0. The summed E-state index contributed by atoms with van der Waals surface area (Å²) in [5, 5.41) is 0. The Morgan fingerprint density at radius 3 is 2.06 bits per heavy atom. The molecule has 4 heteroatoms. The molecule has 102 valence electrons. The van der Waals surface area contributed by atoms with Crippen molar-refractivity contribution < 1.29 is 8.85 Å². The number of para-hydroxylation sites is 1. The van der Waals surface area contributed by atoms with Gasteiger partial charge in [0.25, 0.3) is 0 Å². The van der Waals surface area contributed by atoms with Gasteiger partial charge in [-0.3, -0.25) is 0 Å². The molecule has 0 radical (unpaired) electrons. The van der Waals surface area contributed by atoms with Crippen molar-refractivity contribution in [2.75, 3.05) is 6.61 Å². The molecule has 0 bridgehead atoms. The van der Waals surface area contributed by atoms with Crippen LogP contribution in [0.25, 0.3) is 0 Å². The Kier molecular flexibility index (Phi) is 5.19. The van der Waals surface area contributed by atoms with E-state index < -0.39 is 16.6 Å². The van der Waals surface area contributed by atoms with Crippen LogP contribution in [0.15, 0.2) is 24.3 Å². The van der Waals surface area contributed by atoms with Crippen LogP contribution in [-0.2, 0) is 10.8 Å². The largest absolute Gasteiger partial charge is 0.544 e. The highest BCUT2D eigenvalue weighted by Gasteiger charge is 2.18. The van der Waals surface area contributed by atoms with Gasteiger partial charge < -0.3 is 8.85 Å².